The summed E-state index contributed by atoms with van der Waals surface area (Å²) in [7, 11) is 0. The number of halogens is 3. The Morgan fingerprint density at radius 3 is 2.47 bits per heavy atom. The Morgan fingerprint density at radius 2 is 1.84 bits per heavy atom. The van der Waals surface area contributed by atoms with Crippen molar-refractivity contribution in [3.63, 3.8) is 0 Å². The maximum Gasteiger partial charge on any atom is 0.398 e. The van der Waals surface area contributed by atoms with E-state index in [-0.39, 0.29) is 48.9 Å². The van der Waals surface area contributed by atoms with Gasteiger partial charge in [-0.3, -0.25) is 14.4 Å². The van der Waals surface area contributed by atoms with Crippen molar-refractivity contribution in [2.45, 2.75) is 62.9 Å². The number of hydrogen-bond acceptors (Lipinski definition) is 5. The maximum absolute atomic E-state index is 13.3. The third-order valence-electron chi connectivity index (χ3n) is 6.67. The molecule has 0 bridgehead atoms. The predicted molar refractivity (Wildman–Crippen MR) is 110 cm³/mol. The fourth-order valence-electron chi connectivity index (χ4n) is 4.60. The van der Waals surface area contributed by atoms with Crippen LogP contribution in [0.1, 0.15) is 58.5 Å². The average molecular weight is 463 g/mol. The second kappa shape index (κ2) is 7.43. The van der Waals surface area contributed by atoms with Crippen LogP contribution in [0, 0.1) is 0 Å². The van der Waals surface area contributed by atoms with Crippen LogP contribution in [-0.4, -0.2) is 34.6 Å². The first-order valence-electron chi connectivity index (χ1n) is 10.4. The van der Waals surface area contributed by atoms with Gasteiger partial charge in [0.25, 0.3) is 5.91 Å². The highest BCUT2D eigenvalue weighted by Crippen LogP contribution is 2.59. The summed E-state index contributed by atoms with van der Waals surface area (Å²) >= 11 is 1.29. The second-order valence-corrected chi connectivity index (χ2v) is 9.51. The lowest BCUT2D eigenvalue weighted by Crippen LogP contribution is -2.44. The minimum Gasteiger partial charge on any atom is -0.489 e. The van der Waals surface area contributed by atoms with E-state index in [1.165, 1.54) is 23.5 Å². The summed E-state index contributed by atoms with van der Waals surface area (Å²) in [5, 5.41) is 1.84. The van der Waals surface area contributed by atoms with Gasteiger partial charge in [-0.05, 0) is 42.3 Å². The molecule has 2 fully saturated rings. The number of carbonyl (C=O) groups is 3. The lowest BCUT2D eigenvalue weighted by atomic mass is 9.92. The van der Waals surface area contributed by atoms with Gasteiger partial charge in [0.15, 0.2) is 5.78 Å². The minimum absolute atomic E-state index is 0.0874. The van der Waals surface area contributed by atoms with Crippen LogP contribution in [0.25, 0.3) is 0 Å². The Morgan fingerprint density at radius 1 is 1.12 bits per heavy atom. The monoisotopic (exact) mass is 463 g/mol. The second-order valence-electron chi connectivity index (χ2n) is 8.63. The maximum atomic E-state index is 13.3. The SMILES string of the molecule is O=C1CC[C@H](N2Cc3c(COc4ccc(C5(C(F)(F)F)CC5)cc4)csc3C2=O)C(=O)C1. The zero-order chi connectivity index (χ0) is 22.7. The number of hydrogen-bond donors (Lipinski definition) is 0. The fraction of sp³-hybridized carbons (Fsp3) is 0.435. The van der Waals surface area contributed by atoms with Gasteiger partial charge < -0.3 is 9.64 Å². The molecule has 168 valence electrons. The molecule has 2 saturated carbocycles. The summed E-state index contributed by atoms with van der Waals surface area (Å²) in [6.45, 7) is 0.474. The number of nitrogens with zero attached hydrogens (tertiary/aromatic N) is 1. The van der Waals surface area contributed by atoms with E-state index in [0.717, 1.165) is 11.1 Å². The Balaban J connectivity index is 1.26. The first kappa shape index (κ1) is 21.2. The summed E-state index contributed by atoms with van der Waals surface area (Å²) < 4.78 is 45.6. The van der Waals surface area contributed by atoms with Crippen molar-refractivity contribution in [3.05, 3.63) is 51.2 Å². The number of ketones is 2. The van der Waals surface area contributed by atoms with Gasteiger partial charge in [-0.2, -0.15) is 13.2 Å². The molecule has 3 aliphatic rings. The van der Waals surface area contributed by atoms with Crippen molar-refractivity contribution in [2.24, 2.45) is 0 Å². The molecule has 2 heterocycles. The van der Waals surface area contributed by atoms with Crippen LogP contribution in [0.15, 0.2) is 29.6 Å². The van der Waals surface area contributed by atoms with Gasteiger partial charge in [0, 0.05) is 24.1 Å². The van der Waals surface area contributed by atoms with E-state index < -0.39 is 17.6 Å². The van der Waals surface area contributed by atoms with Gasteiger partial charge in [0.05, 0.1) is 22.8 Å². The standard InChI is InChI=1S/C23H20F3NO4S/c24-23(25,26)22(7-8-22)14-1-4-16(5-2-14)31-11-13-12-32-20-17(13)10-27(21(20)30)18-6-3-15(28)9-19(18)29/h1-2,4-5,12,18H,3,6-11H2/t18-/m0/s1. The Labute approximate surface area is 186 Å². The molecule has 9 heteroatoms. The Hall–Kier alpha value is -2.68. The molecule has 1 aliphatic heterocycles. The molecular weight excluding hydrogens is 443 g/mol. The Kier molecular flexibility index (Phi) is 4.92. The molecule has 0 saturated heterocycles. The molecule has 1 aromatic carbocycles. The number of benzene rings is 1. The molecule has 1 amide bonds. The van der Waals surface area contributed by atoms with Crippen LogP contribution < -0.4 is 4.74 Å². The quantitative estimate of drug-likeness (QED) is 0.610. The highest BCUT2D eigenvalue weighted by atomic mass is 32.1. The average Bonchev–Trinajstić information content (AvgIpc) is 3.39. The third-order valence-corrected chi connectivity index (χ3v) is 7.73. The normalized spacial score (nSPS) is 22.3. The van der Waals surface area contributed by atoms with Crippen LogP contribution in [-0.2, 0) is 28.2 Å². The minimum atomic E-state index is -4.25. The van der Waals surface area contributed by atoms with Crippen LogP contribution in [0.2, 0.25) is 0 Å². The molecule has 5 nitrogen and oxygen atoms in total. The molecule has 0 unspecified atom stereocenters. The molecule has 1 aromatic heterocycles. The smallest absolute Gasteiger partial charge is 0.398 e. The number of amides is 1. The van der Waals surface area contributed by atoms with Crippen LogP contribution in [0.5, 0.6) is 5.75 Å². The van der Waals surface area contributed by atoms with Gasteiger partial charge in [0.2, 0.25) is 0 Å². The van der Waals surface area contributed by atoms with Gasteiger partial charge in [-0.15, -0.1) is 11.3 Å². The summed E-state index contributed by atoms with van der Waals surface area (Å²) in [5.41, 5.74) is 0.171. The molecule has 1 atom stereocenters. The van der Waals surface area contributed by atoms with Crippen molar-refractivity contribution in [2.75, 3.05) is 0 Å². The van der Waals surface area contributed by atoms with Crippen molar-refractivity contribution >= 4 is 28.8 Å². The molecule has 5 rings (SSSR count). The number of rotatable bonds is 5. The van der Waals surface area contributed by atoms with Crippen LogP contribution in [0.3, 0.4) is 0 Å². The van der Waals surface area contributed by atoms with Crippen LogP contribution in [0.4, 0.5) is 13.2 Å². The number of ether oxygens (including phenoxy) is 1. The molecule has 32 heavy (non-hydrogen) atoms. The zero-order valence-electron chi connectivity index (χ0n) is 17.0. The van der Waals surface area contributed by atoms with Crippen molar-refractivity contribution in [1.29, 1.82) is 0 Å². The largest absolute Gasteiger partial charge is 0.489 e. The summed E-state index contributed by atoms with van der Waals surface area (Å²) in [6.07, 6.45) is -3.49. The van der Waals surface area contributed by atoms with Gasteiger partial charge in [-0.1, -0.05) is 12.1 Å². The molecule has 2 aliphatic carbocycles. The van der Waals surface area contributed by atoms with E-state index in [0.29, 0.717) is 30.0 Å². The third kappa shape index (κ3) is 3.43. The topological polar surface area (TPSA) is 63.7 Å². The van der Waals surface area contributed by atoms with E-state index in [1.807, 2.05) is 5.38 Å². The van der Waals surface area contributed by atoms with Crippen molar-refractivity contribution in [3.8, 4) is 5.75 Å². The lowest BCUT2D eigenvalue weighted by Gasteiger charge is -2.29. The highest BCUT2D eigenvalue weighted by Gasteiger charge is 2.64. The van der Waals surface area contributed by atoms with Gasteiger partial charge in [-0.25, -0.2) is 0 Å². The predicted octanol–water partition coefficient (Wildman–Crippen LogP) is 4.57. The first-order valence-corrected chi connectivity index (χ1v) is 11.3. The fourth-order valence-corrected chi connectivity index (χ4v) is 5.62. The molecular formula is C23H20F3NO4S. The van der Waals surface area contributed by atoms with Crippen molar-refractivity contribution in [1.82, 2.24) is 4.90 Å². The van der Waals surface area contributed by atoms with Gasteiger partial charge in [0.1, 0.15) is 18.1 Å². The van der Waals surface area contributed by atoms with E-state index >= 15 is 0 Å². The van der Waals surface area contributed by atoms with E-state index in [9.17, 15) is 27.6 Å². The van der Waals surface area contributed by atoms with Crippen molar-refractivity contribution < 1.29 is 32.3 Å². The number of thiophene rings is 1. The lowest BCUT2D eigenvalue weighted by molar-refractivity contribution is -0.160. The van der Waals surface area contributed by atoms with E-state index in [1.54, 1.807) is 17.0 Å². The number of fused-ring (bicyclic) bond motifs is 1. The van der Waals surface area contributed by atoms with Gasteiger partial charge >= 0.3 is 6.18 Å². The van der Waals surface area contributed by atoms with E-state index in [2.05, 4.69) is 0 Å². The zero-order valence-corrected chi connectivity index (χ0v) is 17.9. The molecule has 0 radical (unpaired) electrons. The molecule has 2 aromatic rings. The first-order chi connectivity index (χ1) is 15.2. The number of alkyl halides is 3. The van der Waals surface area contributed by atoms with Crippen LogP contribution >= 0.6 is 11.3 Å². The molecule has 0 N–H and O–H groups in total. The summed E-state index contributed by atoms with van der Waals surface area (Å²) in [6, 6.07) is 5.46. The molecule has 0 spiro atoms. The number of Topliss-reactive ketones (excluding diaryl/α,β-unsaturated/α-hetero) is 2. The Bertz CT molecular complexity index is 1100. The summed E-state index contributed by atoms with van der Waals surface area (Å²) in [5.74, 6) is -0.0467. The highest BCUT2D eigenvalue weighted by molar-refractivity contribution is 7.12. The van der Waals surface area contributed by atoms with E-state index in [4.69, 9.17) is 4.74 Å². The number of carbonyl (C=O) groups excluding carboxylic acids is 3. The summed E-state index contributed by atoms with van der Waals surface area (Å²) in [4.78, 5) is 38.7.